The van der Waals surface area contributed by atoms with Gasteiger partial charge in [-0.3, -0.25) is 0 Å². The van der Waals surface area contributed by atoms with Crippen molar-refractivity contribution in [3.05, 3.63) is 35.9 Å². The molecule has 0 amide bonds. The standard InChI is InChI=1S/C8H9NS2.K/c10-8(11)9-6-7-4-2-1-3-5-7;/h1-5H,6H2,(H2,9,10,11);/q;+1/p-1. The van der Waals surface area contributed by atoms with E-state index in [9.17, 15) is 0 Å². The summed E-state index contributed by atoms with van der Waals surface area (Å²) < 4.78 is 0.425. The third-order valence-electron chi connectivity index (χ3n) is 1.28. The van der Waals surface area contributed by atoms with E-state index in [4.69, 9.17) is 24.8 Å². The van der Waals surface area contributed by atoms with Crippen LogP contribution in [0.1, 0.15) is 5.56 Å². The zero-order chi connectivity index (χ0) is 8.10. The zero-order valence-electron chi connectivity index (χ0n) is 6.91. The van der Waals surface area contributed by atoms with Gasteiger partial charge in [0.15, 0.2) is 0 Å². The van der Waals surface area contributed by atoms with E-state index in [2.05, 4.69) is 5.32 Å². The van der Waals surface area contributed by atoms with Crippen molar-refractivity contribution in [2.75, 3.05) is 0 Å². The molecule has 0 bridgehead atoms. The molecule has 0 aliphatic carbocycles. The van der Waals surface area contributed by atoms with Crippen molar-refractivity contribution >= 4 is 29.2 Å². The summed E-state index contributed by atoms with van der Waals surface area (Å²) in [5.41, 5.74) is 1.19. The summed E-state index contributed by atoms with van der Waals surface area (Å²) >= 11 is 9.40. The minimum Gasteiger partial charge on any atom is -0.412 e. The summed E-state index contributed by atoms with van der Waals surface area (Å²) in [7, 11) is 0. The molecule has 0 atom stereocenters. The second-order valence-corrected chi connectivity index (χ2v) is 3.20. The summed E-state index contributed by atoms with van der Waals surface area (Å²) in [5.74, 6) is 0. The predicted molar refractivity (Wildman–Crippen MR) is 53.2 cm³/mol. The topological polar surface area (TPSA) is 12.0 Å². The summed E-state index contributed by atoms with van der Waals surface area (Å²) in [6.07, 6.45) is 0. The zero-order valence-corrected chi connectivity index (χ0v) is 11.7. The van der Waals surface area contributed by atoms with Gasteiger partial charge in [-0.05, 0) is 5.56 Å². The molecule has 1 nitrogen and oxygen atoms in total. The molecule has 1 N–H and O–H groups in total. The van der Waals surface area contributed by atoms with Gasteiger partial charge in [-0.25, -0.2) is 0 Å². The smallest absolute Gasteiger partial charge is 0.412 e. The third kappa shape index (κ3) is 5.58. The molecular formula is C8H8KNS2. The van der Waals surface area contributed by atoms with E-state index in [0.717, 1.165) is 6.54 Å². The van der Waals surface area contributed by atoms with E-state index in [1.54, 1.807) is 0 Å². The quantitative estimate of drug-likeness (QED) is 0.375. The first-order chi connectivity index (χ1) is 5.29. The van der Waals surface area contributed by atoms with E-state index in [1.165, 1.54) is 5.56 Å². The minimum absolute atomic E-state index is 0. The Kier molecular flexibility index (Phi) is 7.97. The molecule has 1 aromatic rings. The maximum absolute atomic E-state index is 4.70. The van der Waals surface area contributed by atoms with Crippen LogP contribution in [0.5, 0.6) is 0 Å². The summed E-state index contributed by atoms with van der Waals surface area (Å²) in [5, 5.41) is 2.91. The summed E-state index contributed by atoms with van der Waals surface area (Å²) in [4.78, 5) is 0. The first-order valence-electron chi connectivity index (χ1n) is 3.28. The number of benzene rings is 1. The average molecular weight is 221 g/mol. The van der Waals surface area contributed by atoms with Crippen LogP contribution in [0, 0.1) is 0 Å². The molecule has 0 aliphatic heterocycles. The van der Waals surface area contributed by atoms with E-state index >= 15 is 0 Å². The molecule has 0 radical (unpaired) electrons. The Hall–Kier alpha value is 0.966. The molecule has 0 aliphatic rings. The van der Waals surface area contributed by atoms with Crippen molar-refractivity contribution in [3.63, 3.8) is 0 Å². The fourth-order valence-electron chi connectivity index (χ4n) is 0.770. The second-order valence-electron chi connectivity index (χ2n) is 2.13. The van der Waals surface area contributed by atoms with Gasteiger partial charge < -0.3 is 30.2 Å². The van der Waals surface area contributed by atoms with Gasteiger partial charge in [-0.1, -0.05) is 34.7 Å². The van der Waals surface area contributed by atoms with Crippen LogP contribution in [-0.2, 0) is 19.2 Å². The average Bonchev–Trinajstić information content (AvgIpc) is 2.03. The fourth-order valence-corrected chi connectivity index (χ4v) is 0.914. The van der Waals surface area contributed by atoms with Crippen LogP contribution >= 0.6 is 12.2 Å². The Bertz CT molecular complexity index is 238. The third-order valence-corrected chi connectivity index (χ3v) is 1.57. The number of rotatable bonds is 2. The molecular weight excluding hydrogens is 213 g/mol. The monoisotopic (exact) mass is 221 g/mol. The van der Waals surface area contributed by atoms with Crippen molar-refractivity contribution in [2.45, 2.75) is 6.54 Å². The molecule has 0 aromatic heterocycles. The molecule has 58 valence electrons. The van der Waals surface area contributed by atoms with Gasteiger partial charge in [-0.15, -0.1) is 0 Å². The Morgan fingerprint density at radius 1 is 1.33 bits per heavy atom. The van der Waals surface area contributed by atoms with Gasteiger partial charge in [0.1, 0.15) is 0 Å². The van der Waals surface area contributed by atoms with Crippen LogP contribution in [0.15, 0.2) is 30.3 Å². The molecule has 0 saturated carbocycles. The molecule has 1 aromatic carbocycles. The Balaban J connectivity index is 0.00000121. The van der Waals surface area contributed by atoms with Crippen molar-refractivity contribution < 1.29 is 51.4 Å². The van der Waals surface area contributed by atoms with Gasteiger partial charge in [0.05, 0.1) is 0 Å². The van der Waals surface area contributed by atoms with E-state index in [-0.39, 0.29) is 51.4 Å². The molecule has 4 heteroatoms. The molecule has 12 heavy (non-hydrogen) atoms. The van der Waals surface area contributed by atoms with E-state index < -0.39 is 0 Å². The Morgan fingerprint density at radius 2 is 1.92 bits per heavy atom. The number of thiocarbonyl (C=S) groups is 1. The van der Waals surface area contributed by atoms with Gasteiger partial charge >= 0.3 is 51.4 Å². The maximum atomic E-state index is 4.70. The summed E-state index contributed by atoms with van der Waals surface area (Å²) in [6.45, 7) is 0.725. The molecule has 0 unspecified atom stereocenters. The van der Waals surface area contributed by atoms with E-state index in [0.29, 0.717) is 4.32 Å². The van der Waals surface area contributed by atoms with Crippen molar-refractivity contribution in [2.24, 2.45) is 0 Å². The largest absolute Gasteiger partial charge is 1.00 e. The number of nitrogens with one attached hydrogen (secondary N) is 1. The van der Waals surface area contributed by atoms with Gasteiger partial charge in [-0.2, -0.15) is 0 Å². The van der Waals surface area contributed by atoms with Crippen LogP contribution in [0.25, 0.3) is 0 Å². The van der Waals surface area contributed by atoms with Crippen LogP contribution in [-0.4, -0.2) is 4.32 Å². The van der Waals surface area contributed by atoms with Crippen LogP contribution in [0.4, 0.5) is 0 Å². The number of hydrogen-bond acceptors (Lipinski definition) is 2. The SMILES string of the molecule is S=C([S-])NCc1ccccc1.[K+]. The normalized spacial score (nSPS) is 8.33. The maximum Gasteiger partial charge on any atom is 1.00 e. The first kappa shape index (κ1) is 13.0. The molecule has 0 heterocycles. The van der Waals surface area contributed by atoms with Gasteiger partial charge in [0, 0.05) is 6.54 Å². The van der Waals surface area contributed by atoms with E-state index in [1.807, 2.05) is 30.3 Å². The van der Waals surface area contributed by atoms with Crippen molar-refractivity contribution in [1.82, 2.24) is 5.32 Å². The molecule has 0 spiro atoms. The van der Waals surface area contributed by atoms with Crippen LogP contribution in [0.3, 0.4) is 0 Å². The van der Waals surface area contributed by atoms with Crippen molar-refractivity contribution in [1.29, 1.82) is 0 Å². The fraction of sp³-hybridized carbons (Fsp3) is 0.125. The Morgan fingerprint density at radius 3 is 2.42 bits per heavy atom. The van der Waals surface area contributed by atoms with Crippen LogP contribution in [0.2, 0.25) is 0 Å². The minimum atomic E-state index is 0. The number of hydrogen-bond donors (Lipinski definition) is 1. The van der Waals surface area contributed by atoms with Crippen LogP contribution < -0.4 is 56.7 Å². The Labute approximate surface area is 126 Å². The summed E-state index contributed by atoms with van der Waals surface area (Å²) in [6, 6.07) is 10.0. The van der Waals surface area contributed by atoms with Gasteiger partial charge in [0.25, 0.3) is 0 Å². The predicted octanol–water partition coefficient (Wildman–Crippen LogP) is -1.39. The van der Waals surface area contributed by atoms with Gasteiger partial charge in [0.2, 0.25) is 0 Å². The molecule has 1 rings (SSSR count). The first-order valence-corrected chi connectivity index (χ1v) is 4.09. The molecule has 0 fully saturated rings. The second kappa shape index (κ2) is 7.38. The van der Waals surface area contributed by atoms with Crippen molar-refractivity contribution in [3.8, 4) is 0 Å². The molecule has 0 saturated heterocycles.